The summed E-state index contributed by atoms with van der Waals surface area (Å²) in [5.41, 5.74) is 6.81. The zero-order valence-corrected chi connectivity index (χ0v) is 10.00. The van der Waals surface area contributed by atoms with Crippen molar-refractivity contribution in [2.24, 2.45) is 5.73 Å². The van der Waals surface area contributed by atoms with Gasteiger partial charge in [0.2, 0.25) is 0 Å². The lowest BCUT2D eigenvalue weighted by molar-refractivity contribution is 0.738. The first-order chi connectivity index (χ1) is 6.77. The molecule has 0 bridgehead atoms. The minimum Gasteiger partial charge on any atom is -0.330 e. The third-order valence-corrected chi connectivity index (χ3v) is 3.22. The Kier molecular flexibility index (Phi) is 5.38. The molecular formula is C11H16ClNS. The van der Waals surface area contributed by atoms with Gasteiger partial charge in [-0.2, -0.15) is 0 Å². The molecule has 0 aromatic heterocycles. The number of hydrogen-bond donors (Lipinski definition) is 1. The smallest absolute Gasteiger partial charge is 0.0409 e. The molecule has 0 heterocycles. The van der Waals surface area contributed by atoms with E-state index < -0.39 is 0 Å². The first-order valence-electron chi connectivity index (χ1n) is 4.80. The molecule has 14 heavy (non-hydrogen) atoms. The maximum atomic E-state index is 5.95. The van der Waals surface area contributed by atoms with Crippen LogP contribution in [0, 0.1) is 0 Å². The van der Waals surface area contributed by atoms with Gasteiger partial charge in [0.25, 0.3) is 0 Å². The van der Waals surface area contributed by atoms with Crippen molar-refractivity contribution in [3.05, 3.63) is 28.8 Å². The van der Waals surface area contributed by atoms with Gasteiger partial charge in [-0.3, -0.25) is 0 Å². The van der Waals surface area contributed by atoms with Crippen LogP contribution in [-0.2, 0) is 6.42 Å². The molecule has 0 spiro atoms. The van der Waals surface area contributed by atoms with Crippen molar-refractivity contribution >= 4 is 23.4 Å². The molecule has 1 aromatic rings. The molecule has 78 valence electrons. The van der Waals surface area contributed by atoms with E-state index in [1.165, 1.54) is 10.5 Å². The molecule has 1 aromatic carbocycles. The summed E-state index contributed by atoms with van der Waals surface area (Å²) in [5.74, 6) is 0. The molecule has 0 atom stereocenters. The molecule has 2 N–H and O–H groups in total. The van der Waals surface area contributed by atoms with Crippen LogP contribution in [0.2, 0.25) is 5.02 Å². The Labute approximate surface area is 95.0 Å². The van der Waals surface area contributed by atoms with Crippen LogP contribution in [0.15, 0.2) is 23.1 Å². The number of thioether (sulfide) groups is 1. The lowest BCUT2D eigenvalue weighted by Crippen LogP contribution is -1.99. The van der Waals surface area contributed by atoms with Gasteiger partial charge in [-0.1, -0.05) is 11.6 Å². The van der Waals surface area contributed by atoms with Gasteiger partial charge in [0.1, 0.15) is 0 Å². The van der Waals surface area contributed by atoms with Crippen molar-refractivity contribution in [2.75, 3.05) is 12.8 Å². The minimum atomic E-state index is 0.773. The standard InChI is InChI=1S/C11H16ClNS/c1-14-11-6-5-10(12)8-9(11)4-2-3-7-13/h5-6,8H,2-4,7,13H2,1H3. The molecule has 0 amide bonds. The Bertz CT molecular complexity index is 289. The Balaban J connectivity index is 2.67. The number of rotatable bonds is 5. The van der Waals surface area contributed by atoms with Crippen LogP contribution in [0.25, 0.3) is 0 Å². The summed E-state index contributed by atoms with van der Waals surface area (Å²) in [6, 6.07) is 6.09. The second-order valence-corrected chi connectivity index (χ2v) is 4.49. The highest BCUT2D eigenvalue weighted by atomic mass is 35.5. The Morgan fingerprint density at radius 3 is 2.79 bits per heavy atom. The van der Waals surface area contributed by atoms with Crippen LogP contribution in [-0.4, -0.2) is 12.8 Å². The molecule has 1 nitrogen and oxygen atoms in total. The van der Waals surface area contributed by atoms with Crippen LogP contribution in [0.4, 0.5) is 0 Å². The lowest BCUT2D eigenvalue weighted by Gasteiger charge is -2.07. The van der Waals surface area contributed by atoms with E-state index in [9.17, 15) is 0 Å². The fraction of sp³-hybridized carbons (Fsp3) is 0.455. The Morgan fingerprint density at radius 1 is 1.36 bits per heavy atom. The molecule has 0 fully saturated rings. The predicted molar refractivity (Wildman–Crippen MR) is 65.2 cm³/mol. The fourth-order valence-corrected chi connectivity index (χ4v) is 2.22. The summed E-state index contributed by atoms with van der Waals surface area (Å²) in [6.45, 7) is 0.773. The van der Waals surface area contributed by atoms with E-state index in [1.807, 2.05) is 6.07 Å². The van der Waals surface area contributed by atoms with Gasteiger partial charge in [0, 0.05) is 9.92 Å². The van der Waals surface area contributed by atoms with Crippen LogP contribution in [0.1, 0.15) is 18.4 Å². The van der Waals surface area contributed by atoms with Crippen molar-refractivity contribution in [2.45, 2.75) is 24.2 Å². The fourth-order valence-electron chi connectivity index (χ4n) is 1.40. The molecule has 0 aliphatic heterocycles. The maximum absolute atomic E-state index is 5.95. The number of aryl methyl sites for hydroxylation is 1. The average Bonchev–Trinajstić information content (AvgIpc) is 2.19. The third-order valence-electron chi connectivity index (χ3n) is 2.14. The number of benzene rings is 1. The Morgan fingerprint density at radius 2 is 2.14 bits per heavy atom. The van der Waals surface area contributed by atoms with Gasteiger partial charge in [-0.05, 0) is 55.8 Å². The van der Waals surface area contributed by atoms with Crippen LogP contribution >= 0.6 is 23.4 Å². The predicted octanol–water partition coefficient (Wildman–Crippen LogP) is 3.34. The van der Waals surface area contributed by atoms with E-state index >= 15 is 0 Å². The summed E-state index contributed by atoms with van der Waals surface area (Å²) in [6.07, 6.45) is 5.40. The molecule has 0 radical (unpaired) electrons. The zero-order chi connectivity index (χ0) is 10.4. The molecule has 0 aliphatic carbocycles. The Hall–Kier alpha value is -0.180. The molecule has 0 saturated carbocycles. The first-order valence-corrected chi connectivity index (χ1v) is 6.40. The lowest BCUT2D eigenvalue weighted by atomic mass is 10.1. The van der Waals surface area contributed by atoms with E-state index in [0.29, 0.717) is 0 Å². The zero-order valence-electron chi connectivity index (χ0n) is 8.42. The summed E-state index contributed by atoms with van der Waals surface area (Å²) in [5, 5.41) is 0.825. The normalized spacial score (nSPS) is 10.5. The molecular weight excluding hydrogens is 214 g/mol. The summed E-state index contributed by atoms with van der Waals surface area (Å²) in [4.78, 5) is 1.33. The van der Waals surface area contributed by atoms with Gasteiger partial charge < -0.3 is 5.73 Å². The van der Waals surface area contributed by atoms with E-state index in [0.717, 1.165) is 30.8 Å². The van der Waals surface area contributed by atoms with Gasteiger partial charge in [-0.15, -0.1) is 11.8 Å². The van der Waals surface area contributed by atoms with Gasteiger partial charge in [0.15, 0.2) is 0 Å². The van der Waals surface area contributed by atoms with Crippen molar-refractivity contribution in [1.29, 1.82) is 0 Å². The van der Waals surface area contributed by atoms with Crippen LogP contribution < -0.4 is 5.73 Å². The second kappa shape index (κ2) is 6.33. The van der Waals surface area contributed by atoms with Gasteiger partial charge in [0.05, 0.1) is 0 Å². The highest BCUT2D eigenvalue weighted by molar-refractivity contribution is 7.98. The third kappa shape index (κ3) is 3.52. The molecule has 0 unspecified atom stereocenters. The molecule has 0 aliphatic rings. The number of nitrogens with two attached hydrogens (primary N) is 1. The molecule has 0 saturated heterocycles. The highest BCUT2D eigenvalue weighted by Crippen LogP contribution is 2.25. The maximum Gasteiger partial charge on any atom is 0.0409 e. The first kappa shape index (κ1) is 11.9. The minimum absolute atomic E-state index is 0.773. The van der Waals surface area contributed by atoms with Crippen molar-refractivity contribution in [3.63, 3.8) is 0 Å². The highest BCUT2D eigenvalue weighted by Gasteiger charge is 2.01. The van der Waals surface area contributed by atoms with Crippen LogP contribution in [0.3, 0.4) is 0 Å². The summed E-state index contributed by atoms with van der Waals surface area (Å²) >= 11 is 7.72. The van der Waals surface area contributed by atoms with Gasteiger partial charge in [-0.25, -0.2) is 0 Å². The summed E-state index contributed by atoms with van der Waals surface area (Å²) in [7, 11) is 0. The monoisotopic (exact) mass is 229 g/mol. The number of halogens is 1. The molecule has 1 rings (SSSR count). The topological polar surface area (TPSA) is 26.0 Å². The number of unbranched alkanes of at least 4 members (excludes halogenated alkanes) is 1. The summed E-state index contributed by atoms with van der Waals surface area (Å²) < 4.78 is 0. The molecule has 3 heteroatoms. The van der Waals surface area contributed by atoms with E-state index in [4.69, 9.17) is 17.3 Å². The quantitative estimate of drug-likeness (QED) is 0.619. The largest absolute Gasteiger partial charge is 0.330 e. The second-order valence-electron chi connectivity index (χ2n) is 3.20. The van der Waals surface area contributed by atoms with Gasteiger partial charge >= 0.3 is 0 Å². The number of hydrogen-bond acceptors (Lipinski definition) is 2. The van der Waals surface area contributed by atoms with Crippen molar-refractivity contribution in [1.82, 2.24) is 0 Å². The van der Waals surface area contributed by atoms with E-state index in [1.54, 1.807) is 11.8 Å². The van der Waals surface area contributed by atoms with E-state index in [2.05, 4.69) is 18.4 Å². The van der Waals surface area contributed by atoms with Crippen molar-refractivity contribution in [3.8, 4) is 0 Å². The average molecular weight is 230 g/mol. The van der Waals surface area contributed by atoms with E-state index in [-0.39, 0.29) is 0 Å². The van der Waals surface area contributed by atoms with Crippen LogP contribution in [0.5, 0.6) is 0 Å². The SMILES string of the molecule is CSc1ccc(Cl)cc1CCCCN. The van der Waals surface area contributed by atoms with Crippen molar-refractivity contribution < 1.29 is 0 Å².